The van der Waals surface area contributed by atoms with Crippen LogP contribution in [0, 0.1) is 15.9 Å². The number of carbonyl (C=O) groups is 1. The molecule has 0 amide bonds. The first-order valence-corrected chi connectivity index (χ1v) is 4.75. The minimum Gasteiger partial charge on any atom is -0.478 e. The van der Waals surface area contributed by atoms with Crippen LogP contribution >= 0.6 is 15.9 Å². The van der Waals surface area contributed by atoms with Gasteiger partial charge in [0.2, 0.25) is 5.82 Å². The molecular formula is C9H5BrFNO4. The molecule has 0 unspecified atom stereocenters. The molecule has 1 N–H and O–H groups in total. The van der Waals surface area contributed by atoms with E-state index in [9.17, 15) is 19.3 Å². The number of benzene rings is 1. The first kappa shape index (κ1) is 12.3. The lowest BCUT2D eigenvalue weighted by Gasteiger charge is -1.99. The molecule has 0 saturated carbocycles. The van der Waals surface area contributed by atoms with E-state index in [0.29, 0.717) is 10.5 Å². The van der Waals surface area contributed by atoms with E-state index in [2.05, 4.69) is 15.9 Å². The van der Waals surface area contributed by atoms with Crippen LogP contribution in [0.3, 0.4) is 0 Å². The van der Waals surface area contributed by atoms with Gasteiger partial charge in [0.15, 0.2) is 0 Å². The average Bonchev–Trinajstić information content (AvgIpc) is 2.18. The lowest BCUT2D eigenvalue weighted by atomic mass is 10.1. The van der Waals surface area contributed by atoms with Crippen LogP contribution in [-0.2, 0) is 4.79 Å². The highest BCUT2D eigenvalue weighted by atomic mass is 79.9. The Balaban J connectivity index is 3.29. The van der Waals surface area contributed by atoms with Crippen molar-refractivity contribution in [2.75, 3.05) is 0 Å². The molecule has 1 aromatic rings. The van der Waals surface area contributed by atoms with Crippen molar-refractivity contribution in [2.45, 2.75) is 0 Å². The number of carboxylic acid groups (broad SMARTS) is 1. The van der Waals surface area contributed by atoms with E-state index in [4.69, 9.17) is 5.11 Å². The summed E-state index contributed by atoms with van der Waals surface area (Å²) in [5.74, 6) is -2.33. The van der Waals surface area contributed by atoms with Crippen LogP contribution in [0.25, 0.3) is 6.08 Å². The van der Waals surface area contributed by atoms with Crippen LogP contribution in [0.5, 0.6) is 0 Å². The second-order valence-electron chi connectivity index (χ2n) is 2.76. The fourth-order valence-corrected chi connectivity index (χ4v) is 1.47. The molecule has 0 aliphatic heterocycles. The van der Waals surface area contributed by atoms with Gasteiger partial charge in [0.25, 0.3) is 0 Å². The highest BCUT2D eigenvalue weighted by molar-refractivity contribution is 9.10. The summed E-state index contributed by atoms with van der Waals surface area (Å²) in [4.78, 5) is 19.8. The molecule has 1 aromatic carbocycles. The fourth-order valence-electron chi connectivity index (χ4n) is 1.01. The van der Waals surface area contributed by atoms with Crippen LogP contribution in [0.4, 0.5) is 10.1 Å². The Hall–Kier alpha value is -1.76. The number of hydrogen-bond acceptors (Lipinski definition) is 3. The van der Waals surface area contributed by atoms with Gasteiger partial charge in [-0.2, -0.15) is 4.39 Å². The zero-order valence-corrected chi connectivity index (χ0v) is 9.27. The van der Waals surface area contributed by atoms with Crippen molar-refractivity contribution in [1.82, 2.24) is 0 Å². The van der Waals surface area contributed by atoms with E-state index in [1.165, 1.54) is 6.07 Å². The average molecular weight is 290 g/mol. The van der Waals surface area contributed by atoms with Gasteiger partial charge in [-0.05, 0) is 12.1 Å². The van der Waals surface area contributed by atoms with Crippen molar-refractivity contribution in [1.29, 1.82) is 0 Å². The standard InChI is InChI=1S/C9H5BrFNO4/c10-6-3-5(1-2-8(13)14)9(11)7(4-6)12(15)16/h1-4H,(H,13,14)/b2-1+. The zero-order valence-electron chi connectivity index (χ0n) is 7.68. The number of nitro benzene ring substituents is 1. The number of carboxylic acids is 1. The van der Waals surface area contributed by atoms with Gasteiger partial charge in [-0.1, -0.05) is 15.9 Å². The molecule has 5 nitrogen and oxygen atoms in total. The maximum Gasteiger partial charge on any atom is 0.328 e. The Morgan fingerprint density at radius 2 is 2.19 bits per heavy atom. The maximum absolute atomic E-state index is 13.4. The number of halogens is 2. The number of nitro groups is 1. The first-order valence-electron chi connectivity index (χ1n) is 3.96. The summed E-state index contributed by atoms with van der Waals surface area (Å²) in [6.07, 6.45) is 1.66. The molecule has 0 atom stereocenters. The van der Waals surface area contributed by atoms with E-state index in [0.717, 1.165) is 12.1 Å². The van der Waals surface area contributed by atoms with Gasteiger partial charge in [0.1, 0.15) is 0 Å². The van der Waals surface area contributed by atoms with Gasteiger partial charge in [-0.15, -0.1) is 0 Å². The van der Waals surface area contributed by atoms with Crippen molar-refractivity contribution in [3.05, 3.63) is 44.2 Å². The molecule has 0 spiro atoms. The molecule has 1 rings (SSSR count). The maximum atomic E-state index is 13.4. The molecule has 7 heteroatoms. The molecule has 0 aliphatic carbocycles. The normalized spacial score (nSPS) is 10.6. The number of aliphatic carboxylic acids is 1. The summed E-state index contributed by atoms with van der Waals surface area (Å²) in [6.45, 7) is 0. The van der Waals surface area contributed by atoms with Gasteiger partial charge in [0, 0.05) is 22.2 Å². The van der Waals surface area contributed by atoms with Crippen molar-refractivity contribution in [3.63, 3.8) is 0 Å². The number of hydrogen-bond donors (Lipinski definition) is 1. The molecule has 0 bridgehead atoms. The molecule has 0 heterocycles. The van der Waals surface area contributed by atoms with Crippen molar-refractivity contribution in [2.24, 2.45) is 0 Å². The minimum atomic E-state index is -1.26. The van der Waals surface area contributed by atoms with E-state index >= 15 is 0 Å². The number of rotatable bonds is 3. The first-order chi connectivity index (χ1) is 7.41. The summed E-state index contributed by atoms with van der Waals surface area (Å²) in [6, 6.07) is 2.26. The van der Waals surface area contributed by atoms with E-state index in [1.807, 2.05) is 0 Å². The van der Waals surface area contributed by atoms with Crippen molar-refractivity contribution in [3.8, 4) is 0 Å². The third-order valence-electron chi connectivity index (χ3n) is 1.65. The Morgan fingerprint density at radius 3 is 2.69 bits per heavy atom. The number of nitrogens with zero attached hydrogens (tertiary/aromatic N) is 1. The SMILES string of the molecule is O=C(O)/C=C/c1cc(Br)cc([N+](=O)[O-])c1F. The zero-order chi connectivity index (χ0) is 12.3. The van der Waals surface area contributed by atoms with Gasteiger partial charge in [-0.25, -0.2) is 4.79 Å². The second kappa shape index (κ2) is 4.84. The summed E-state index contributed by atoms with van der Waals surface area (Å²) in [5.41, 5.74) is -0.872. The van der Waals surface area contributed by atoms with Crippen LogP contribution in [0.15, 0.2) is 22.7 Å². The Kier molecular flexibility index (Phi) is 3.73. The van der Waals surface area contributed by atoms with Crippen LogP contribution in [0.2, 0.25) is 0 Å². The van der Waals surface area contributed by atoms with Crippen LogP contribution in [0.1, 0.15) is 5.56 Å². The summed E-state index contributed by atoms with van der Waals surface area (Å²) in [7, 11) is 0. The molecule has 84 valence electrons. The summed E-state index contributed by atoms with van der Waals surface area (Å²) in [5, 5.41) is 18.8. The monoisotopic (exact) mass is 289 g/mol. The third kappa shape index (κ3) is 2.86. The minimum absolute atomic E-state index is 0.163. The Morgan fingerprint density at radius 1 is 1.56 bits per heavy atom. The molecule has 0 radical (unpaired) electrons. The topological polar surface area (TPSA) is 80.4 Å². The lowest BCUT2D eigenvalue weighted by molar-refractivity contribution is -0.387. The van der Waals surface area contributed by atoms with Gasteiger partial charge in [0.05, 0.1) is 4.92 Å². The van der Waals surface area contributed by atoms with Crippen molar-refractivity contribution < 1.29 is 19.2 Å². The van der Waals surface area contributed by atoms with E-state index < -0.39 is 22.4 Å². The Labute approximate surface area is 97.5 Å². The molecule has 0 aromatic heterocycles. The third-order valence-corrected chi connectivity index (χ3v) is 2.11. The molecular weight excluding hydrogens is 285 g/mol. The molecule has 0 aliphatic rings. The highest BCUT2D eigenvalue weighted by Gasteiger charge is 2.17. The molecule has 16 heavy (non-hydrogen) atoms. The van der Waals surface area contributed by atoms with E-state index in [-0.39, 0.29) is 5.56 Å². The molecule has 0 saturated heterocycles. The largest absolute Gasteiger partial charge is 0.478 e. The predicted molar refractivity (Wildman–Crippen MR) is 57.4 cm³/mol. The van der Waals surface area contributed by atoms with Crippen LogP contribution in [-0.4, -0.2) is 16.0 Å². The Bertz CT molecular complexity index is 487. The quantitative estimate of drug-likeness (QED) is 0.527. The molecule has 0 fully saturated rings. The lowest BCUT2D eigenvalue weighted by Crippen LogP contribution is -1.95. The van der Waals surface area contributed by atoms with Crippen molar-refractivity contribution >= 4 is 33.7 Å². The predicted octanol–water partition coefficient (Wildman–Crippen LogP) is 2.59. The fraction of sp³-hybridized carbons (Fsp3) is 0. The smallest absolute Gasteiger partial charge is 0.328 e. The van der Waals surface area contributed by atoms with Crippen LogP contribution < -0.4 is 0 Å². The van der Waals surface area contributed by atoms with Gasteiger partial charge in [-0.3, -0.25) is 10.1 Å². The summed E-state index contributed by atoms with van der Waals surface area (Å²) >= 11 is 2.97. The van der Waals surface area contributed by atoms with E-state index in [1.54, 1.807) is 0 Å². The van der Waals surface area contributed by atoms with Gasteiger partial charge >= 0.3 is 11.7 Å². The summed E-state index contributed by atoms with van der Waals surface area (Å²) < 4.78 is 13.7. The van der Waals surface area contributed by atoms with Gasteiger partial charge < -0.3 is 5.11 Å². The highest BCUT2D eigenvalue weighted by Crippen LogP contribution is 2.26. The second-order valence-corrected chi connectivity index (χ2v) is 3.67.